The van der Waals surface area contributed by atoms with Gasteiger partial charge in [-0.05, 0) is 18.0 Å². The number of fused-ring (bicyclic) bond motifs is 1. The third-order valence-electron chi connectivity index (χ3n) is 2.47. The van der Waals surface area contributed by atoms with Crippen molar-refractivity contribution in [1.29, 1.82) is 0 Å². The van der Waals surface area contributed by atoms with Gasteiger partial charge in [-0.3, -0.25) is 10.3 Å². The zero-order chi connectivity index (χ0) is 12.1. The molecule has 1 atom stereocenters. The monoisotopic (exact) mass is 248 g/mol. The second-order valence-electron chi connectivity index (χ2n) is 3.77. The largest absolute Gasteiger partial charge is 0.353 e. The Kier molecular flexibility index (Phi) is 3.83. The van der Waals surface area contributed by atoms with E-state index in [1.54, 1.807) is 18.1 Å². The number of rotatable bonds is 5. The van der Waals surface area contributed by atoms with Gasteiger partial charge in [0.05, 0.1) is 10.6 Å². The first-order chi connectivity index (χ1) is 8.29. The summed E-state index contributed by atoms with van der Waals surface area (Å²) in [5.74, 6) is -0.380. The van der Waals surface area contributed by atoms with Gasteiger partial charge in [-0.15, -0.1) is 13.2 Å². The Morgan fingerprint density at radius 3 is 3.12 bits per heavy atom. The fourth-order valence-corrected chi connectivity index (χ4v) is 2.50. The molecule has 3 N–H and O–H groups in total. The fourth-order valence-electron chi connectivity index (χ4n) is 1.67. The molecule has 0 aliphatic carbocycles. The van der Waals surface area contributed by atoms with Gasteiger partial charge in [-0.25, -0.2) is 4.72 Å². The van der Waals surface area contributed by atoms with Gasteiger partial charge in [0.25, 0.3) is 0 Å². The molecule has 0 spiro atoms. The second kappa shape index (κ2) is 5.35. The Labute approximate surface area is 106 Å². The highest BCUT2D eigenvalue weighted by Gasteiger charge is 2.32. The molecule has 17 heavy (non-hydrogen) atoms. The zero-order valence-electron chi connectivity index (χ0n) is 9.57. The van der Waals surface area contributed by atoms with Crippen molar-refractivity contribution < 1.29 is 0 Å². The van der Waals surface area contributed by atoms with Crippen molar-refractivity contribution in [3.05, 3.63) is 43.8 Å². The predicted molar refractivity (Wildman–Crippen MR) is 72.6 cm³/mol. The first-order valence-electron chi connectivity index (χ1n) is 5.43. The molecule has 5 heteroatoms. The van der Waals surface area contributed by atoms with Gasteiger partial charge in [0.15, 0.2) is 5.79 Å². The fraction of sp³-hybridized carbons (Fsp3) is 0.250. The van der Waals surface area contributed by atoms with Gasteiger partial charge >= 0.3 is 0 Å². The molecule has 0 aromatic carbocycles. The lowest BCUT2D eigenvalue weighted by Crippen LogP contribution is -2.61. The summed E-state index contributed by atoms with van der Waals surface area (Å²) in [4.78, 5) is 5.19. The summed E-state index contributed by atoms with van der Waals surface area (Å²) in [7, 11) is 0. The number of anilines is 1. The van der Waals surface area contributed by atoms with E-state index in [1.165, 1.54) is 0 Å². The van der Waals surface area contributed by atoms with E-state index in [9.17, 15) is 0 Å². The van der Waals surface area contributed by atoms with Crippen molar-refractivity contribution >= 4 is 17.6 Å². The van der Waals surface area contributed by atoms with Crippen molar-refractivity contribution in [3.8, 4) is 0 Å². The molecule has 1 aromatic heterocycles. The molecule has 1 unspecified atom stereocenters. The number of hydrogen-bond donors (Lipinski definition) is 3. The molecule has 90 valence electrons. The number of nitrogens with one attached hydrogen (secondary N) is 3. The number of hydrogen-bond acceptors (Lipinski definition) is 5. The molecule has 0 radical (unpaired) electrons. The molecule has 0 fully saturated rings. The van der Waals surface area contributed by atoms with E-state index in [2.05, 4.69) is 33.5 Å². The van der Waals surface area contributed by atoms with E-state index < -0.39 is 0 Å². The van der Waals surface area contributed by atoms with E-state index in [0.717, 1.165) is 23.5 Å². The zero-order valence-corrected chi connectivity index (χ0v) is 10.4. The minimum atomic E-state index is -0.380. The van der Waals surface area contributed by atoms with Crippen LogP contribution in [0.25, 0.3) is 0 Å². The maximum Gasteiger partial charge on any atom is 0.156 e. The van der Waals surface area contributed by atoms with Crippen LogP contribution in [0.1, 0.15) is 6.42 Å². The minimum Gasteiger partial charge on any atom is -0.353 e. The average molecular weight is 248 g/mol. The highest BCUT2D eigenvalue weighted by atomic mass is 32.2. The topological polar surface area (TPSA) is 49.0 Å². The Morgan fingerprint density at radius 1 is 1.47 bits per heavy atom. The molecular weight excluding hydrogens is 232 g/mol. The van der Waals surface area contributed by atoms with Crippen LogP contribution in [-0.4, -0.2) is 17.3 Å². The summed E-state index contributed by atoms with van der Waals surface area (Å²) in [6.07, 6.45) is 8.09. The lowest BCUT2D eigenvalue weighted by Gasteiger charge is -2.39. The smallest absolute Gasteiger partial charge is 0.156 e. The van der Waals surface area contributed by atoms with Crippen LogP contribution in [0.3, 0.4) is 0 Å². The van der Waals surface area contributed by atoms with Gasteiger partial charge in [-0.2, -0.15) is 0 Å². The van der Waals surface area contributed by atoms with Gasteiger partial charge < -0.3 is 5.32 Å². The first kappa shape index (κ1) is 12.2. The average Bonchev–Trinajstić information content (AvgIpc) is 2.37. The van der Waals surface area contributed by atoms with E-state index in [-0.39, 0.29) is 5.79 Å². The van der Waals surface area contributed by atoms with Crippen LogP contribution in [0.5, 0.6) is 0 Å². The van der Waals surface area contributed by atoms with Crippen LogP contribution in [0.2, 0.25) is 0 Å². The van der Waals surface area contributed by atoms with Gasteiger partial charge in [0, 0.05) is 25.4 Å². The highest BCUT2D eigenvalue weighted by Crippen LogP contribution is 2.32. The Hall–Kier alpha value is -1.30. The summed E-state index contributed by atoms with van der Waals surface area (Å²) in [5, 5.41) is 6.82. The quantitative estimate of drug-likeness (QED) is 0.550. The molecule has 0 bridgehead atoms. The van der Waals surface area contributed by atoms with Crippen LogP contribution < -0.4 is 15.4 Å². The van der Waals surface area contributed by atoms with Crippen molar-refractivity contribution in [1.82, 2.24) is 15.0 Å². The maximum atomic E-state index is 4.10. The molecule has 0 saturated heterocycles. The van der Waals surface area contributed by atoms with E-state index >= 15 is 0 Å². The standard InChI is InChI=1S/C12H16N4S/c1-3-6-12(14-7-4-2)15-10-5-8-13-9-11(10)17-16-12/h3-5,8-9,14-16H,1-2,6-7H2. The summed E-state index contributed by atoms with van der Waals surface area (Å²) >= 11 is 1.57. The van der Waals surface area contributed by atoms with Gasteiger partial charge in [0.2, 0.25) is 0 Å². The molecule has 1 aliphatic heterocycles. The summed E-state index contributed by atoms with van der Waals surface area (Å²) in [6.45, 7) is 8.23. The number of nitrogens with zero attached hydrogens (tertiary/aromatic N) is 1. The molecule has 1 aliphatic rings. The van der Waals surface area contributed by atoms with Crippen LogP contribution in [-0.2, 0) is 0 Å². The molecule has 0 saturated carbocycles. The van der Waals surface area contributed by atoms with Crippen LogP contribution in [0, 0.1) is 0 Å². The molecule has 4 nitrogen and oxygen atoms in total. The molecule has 1 aromatic rings. The van der Waals surface area contributed by atoms with Crippen LogP contribution >= 0.6 is 11.9 Å². The number of pyridine rings is 1. The van der Waals surface area contributed by atoms with Gasteiger partial charge in [0.1, 0.15) is 0 Å². The predicted octanol–water partition coefficient (Wildman–Crippen LogP) is 2.11. The maximum absolute atomic E-state index is 4.10. The van der Waals surface area contributed by atoms with Crippen LogP contribution in [0.15, 0.2) is 48.7 Å². The van der Waals surface area contributed by atoms with Crippen LogP contribution in [0.4, 0.5) is 5.69 Å². The second-order valence-corrected chi connectivity index (χ2v) is 4.62. The molecule has 0 amide bonds. The SMILES string of the molecule is C=CCNC1(CC=C)NSc2cnccc2N1. The van der Waals surface area contributed by atoms with Crippen molar-refractivity contribution in [2.75, 3.05) is 11.9 Å². The Morgan fingerprint density at radius 2 is 2.35 bits per heavy atom. The van der Waals surface area contributed by atoms with Crippen molar-refractivity contribution in [2.45, 2.75) is 17.1 Å². The lowest BCUT2D eigenvalue weighted by molar-refractivity contribution is 0.370. The normalized spacial score (nSPS) is 22.4. The third kappa shape index (κ3) is 2.69. The highest BCUT2D eigenvalue weighted by molar-refractivity contribution is 7.97. The summed E-state index contributed by atoms with van der Waals surface area (Å²) in [5.41, 5.74) is 1.07. The summed E-state index contributed by atoms with van der Waals surface area (Å²) < 4.78 is 3.36. The molecular formula is C12H16N4S. The Bertz CT molecular complexity index is 421. The first-order valence-corrected chi connectivity index (χ1v) is 6.24. The molecule has 2 rings (SSSR count). The van der Waals surface area contributed by atoms with E-state index in [4.69, 9.17) is 0 Å². The molecule has 2 heterocycles. The summed E-state index contributed by atoms with van der Waals surface area (Å²) in [6, 6.07) is 1.97. The van der Waals surface area contributed by atoms with Crippen molar-refractivity contribution in [2.24, 2.45) is 0 Å². The van der Waals surface area contributed by atoms with E-state index in [0.29, 0.717) is 0 Å². The lowest BCUT2D eigenvalue weighted by atomic mass is 10.2. The third-order valence-corrected chi connectivity index (χ3v) is 3.46. The van der Waals surface area contributed by atoms with E-state index in [1.807, 2.05) is 24.4 Å². The minimum absolute atomic E-state index is 0.380. The number of aromatic nitrogens is 1. The van der Waals surface area contributed by atoms with Crippen molar-refractivity contribution in [3.63, 3.8) is 0 Å². The Balaban J connectivity index is 2.20. The van der Waals surface area contributed by atoms with Gasteiger partial charge in [-0.1, -0.05) is 12.2 Å².